The minimum atomic E-state index is -3.98. The number of aliphatic hydroxyl groups excluding tert-OH is 3. The molecule has 3 aromatic heterocycles. The Morgan fingerprint density at radius 3 is 1.00 bits per heavy atom. The van der Waals surface area contributed by atoms with Gasteiger partial charge in [-0.05, 0) is 68.7 Å². The zero-order chi connectivity index (χ0) is 114. The first-order valence-corrected chi connectivity index (χ1v) is 45.6. The molecule has 0 bridgehead atoms. The van der Waals surface area contributed by atoms with Crippen LogP contribution in [0.25, 0.3) is 99.9 Å². The van der Waals surface area contributed by atoms with Gasteiger partial charge in [0.2, 0.25) is 0 Å². The second kappa shape index (κ2) is 45.5. The van der Waals surface area contributed by atoms with E-state index in [1.807, 2.05) is 148 Å². The van der Waals surface area contributed by atoms with Crippen molar-refractivity contribution in [1.82, 2.24) is 15.0 Å². The summed E-state index contributed by atoms with van der Waals surface area (Å²) in [7, 11) is -11.9. The van der Waals surface area contributed by atoms with Crippen molar-refractivity contribution >= 4 is 89.8 Å². The first kappa shape index (κ1) is 63.4. The summed E-state index contributed by atoms with van der Waals surface area (Å²) in [5.74, 6) is -5.10. The van der Waals surface area contributed by atoms with Gasteiger partial charge in [0, 0.05) is 170 Å². The van der Waals surface area contributed by atoms with Crippen molar-refractivity contribution in [3.8, 4) is 67.2 Å². The molecule has 3 radical (unpaired) electrons. The van der Waals surface area contributed by atoms with Crippen LogP contribution >= 0.6 is 0 Å². The van der Waals surface area contributed by atoms with E-state index in [-0.39, 0.29) is 119 Å². The van der Waals surface area contributed by atoms with Crippen molar-refractivity contribution in [2.24, 2.45) is 22.6 Å². The van der Waals surface area contributed by atoms with Crippen LogP contribution < -0.4 is 15.6 Å². The van der Waals surface area contributed by atoms with Crippen LogP contribution in [0, 0.1) is 82.1 Å². The molecule has 0 aliphatic carbocycles. The number of nitrogens with zero attached hydrogens (tertiary/aromatic N) is 3. The predicted molar refractivity (Wildman–Crippen MR) is 508 cm³/mol. The molecule has 15 heteroatoms. The van der Waals surface area contributed by atoms with Gasteiger partial charge in [-0.3, -0.25) is 29.3 Å². The molecular formula is C105H126Ir3N3O6Si3-3. The molecule has 0 aliphatic rings. The van der Waals surface area contributed by atoms with E-state index in [1.165, 1.54) is 47.3 Å². The van der Waals surface area contributed by atoms with E-state index in [4.69, 9.17) is 63.9 Å². The first-order valence-electron chi connectivity index (χ1n) is 54.1. The maximum Gasteiger partial charge on any atom is 0.164 e. The number of pyridine rings is 3. The van der Waals surface area contributed by atoms with Crippen LogP contribution in [0.2, 0.25) is 58.5 Å². The third-order valence-corrected chi connectivity index (χ3v) is 22.4. The Labute approximate surface area is 806 Å². The molecule has 0 spiro atoms. The number of hydrogen-bond acceptors (Lipinski definition) is 9. The Balaban J connectivity index is 0.000000402. The van der Waals surface area contributed by atoms with Crippen LogP contribution in [0.1, 0.15) is 173 Å². The van der Waals surface area contributed by atoms with E-state index in [0.717, 1.165) is 50.1 Å². The van der Waals surface area contributed by atoms with Gasteiger partial charge in [-0.15, -0.1) is 105 Å². The molecule has 0 saturated heterocycles. The summed E-state index contributed by atoms with van der Waals surface area (Å²) in [6.45, 7) is 6.07. The number of aliphatic hydroxyl groups is 3. The van der Waals surface area contributed by atoms with Gasteiger partial charge in [0.05, 0.1) is 56.4 Å². The van der Waals surface area contributed by atoms with Crippen molar-refractivity contribution in [3.05, 3.63) is 287 Å². The topological polar surface area (TPSA) is 151 Å². The maximum atomic E-state index is 11.6. The number of fused-ring (bicyclic) bond motifs is 3. The van der Waals surface area contributed by atoms with Gasteiger partial charge in [-0.2, -0.15) is 0 Å². The summed E-state index contributed by atoms with van der Waals surface area (Å²) < 4.78 is 253. The Morgan fingerprint density at radius 2 is 0.750 bits per heavy atom. The number of aryl methyl sites for hydroxylation is 6. The summed E-state index contributed by atoms with van der Waals surface area (Å²) in [4.78, 5) is 48.0. The van der Waals surface area contributed by atoms with E-state index in [9.17, 15) is 24.6 Å². The Morgan fingerprint density at radius 1 is 0.433 bits per heavy atom. The second-order valence-corrected chi connectivity index (χ2v) is 40.1. The zero-order valence-electron chi connectivity index (χ0n) is 103. The van der Waals surface area contributed by atoms with E-state index in [0.29, 0.717) is 88.5 Å². The van der Waals surface area contributed by atoms with Crippen LogP contribution in [0.4, 0.5) is 0 Å². The summed E-state index contributed by atoms with van der Waals surface area (Å²) in [6.07, 6.45) is 0.632. The van der Waals surface area contributed by atoms with E-state index < -0.39 is 124 Å². The summed E-state index contributed by atoms with van der Waals surface area (Å²) in [5, 5.41) is 30.7. The molecule has 0 atom stereocenters. The van der Waals surface area contributed by atoms with Crippen molar-refractivity contribution in [3.63, 3.8) is 0 Å². The molecule has 0 saturated carbocycles. The quantitative estimate of drug-likeness (QED) is 0.0372. The minimum Gasteiger partial charge on any atom is -0.512 e. The largest absolute Gasteiger partial charge is 0.512 e. The second-order valence-electron chi connectivity index (χ2n) is 31.6. The van der Waals surface area contributed by atoms with Crippen molar-refractivity contribution in [1.29, 1.82) is 0 Å². The van der Waals surface area contributed by atoms with Crippen molar-refractivity contribution in [2.45, 2.75) is 196 Å². The molecule has 0 amide bonds. The van der Waals surface area contributed by atoms with Crippen LogP contribution in [0.15, 0.2) is 236 Å². The number of rotatable bonds is 16. The number of hydrogen-bond donors (Lipinski definition) is 3. The van der Waals surface area contributed by atoms with Gasteiger partial charge >= 0.3 is 0 Å². The van der Waals surface area contributed by atoms with E-state index in [1.54, 1.807) is 128 Å². The van der Waals surface area contributed by atoms with Gasteiger partial charge < -0.3 is 15.3 Å². The summed E-state index contributed by atoms with van der Waals surface area (Å²) in [6, 6.07) is 66.4. The number of ketones is 3. The standard InChI is InChI=1S/3C26H26NSi.C11H20O2.C9H16O2.C7H12O2.3Ir/c3*1-18-13-19(2)15-21(14-18)26-17-23(20-9-7-6-8-10-20)24-16-22(28(3,4)5)11-12-25(24)27-26;1-10(2,3)8(12)7-9(13)11(4,5)6;1-6(2)8(10)5-9(11)7(3)4;1-3-6(8)5-7(9)4-2;;;/h3*6-14,16-17H,1-5H3;7,12H,1-6H3;5-7,10H,1-4H3;5,8H,3-4H2,1-2H3;;;/q3*-1;;;;;;/i3*2D3,3D3,4D3;7D;5D,6D,7D;5D;;;. The molecule has 639 valence electrons. The smallest absolute Gasteiger partial charge is 0.164 e. The fourth-order valence-electron chi connectivity index (χ4n) is 11.3. The third-order valence-electron chi connectivity index (χ3n) is 18.0. The molecule has 0 aliphatic heterocycles. The fraction of sp³-hybridized carbons (Fsp3) is 0.314. The molecule has 12 rings (SSSR count). The fourth-order valence-corrected chi connectivity index (χ4v) is 13.9. The number of carbonyl (C=O) groups excluding carboxylic acids is 3. The van der Waals surface area contributed by atoms with Gasteiger partial charge in [0.1, 0.15) is 5.76 Å². The van der Waals surface area contributed by atoms with Gasteiger partial charge in [-0.25, -0.2) is 0 Å². The number of aromatic nitrogens is 3. The van der Waals surface area contributed by atoms with E-state index >= 15 is 0 Å². The molecule has 3 N–H and O–H groups in total. The molecular weight excluding hydrogens is 2060 g/mol. The molecule has 12 aromatic rings. The molecule has 0 fully saturated rings. The molecule has 9 nitrogen and oxygen atoms in total. The Hall–Kier alpha value is -8.56. The van der Waals surface area contributed by atoms with Gasteiger partial charge in [-0.1, -0.05) is 344 Å². The average molecular weight is 2220 g/mol. The van der Waals surface area contributed by atoms with Crippen LogP contribution in [-0.4, -0.2) is 71.8 Å². The average Bonchev–Trinajstić information content (AvgIpc) is 0.737. The molecule has 9 aromatic carbocycles. The summed E-state index contributed by atoms with van der Waals surface area (Å²) >= 11 is 0. The summed E-state index contributed by atoms with van der Waals surface area (Å²) in [5.41, 5.74) is 10.9. The Kier molecular flexibility index (Phi) is 24.0. The van der Waals surface area contributed by atoms with E-state index in [2.05, 4.69) is 18.2 Å². The number of carbonyl (C=O) groups is 3. The molecule has 120 heavy (non-hydrogen) atoms. The van der Waals surface area contributed by atoms with Gasteiger partial charge in [0.25, 0.3) is 0 Å². The van der Waals surface area contributed by atoms with Crippen LogP contribution in [-0.2, 0) is 74.7 Å². The van der Waals surface area contributed by atoms with Crippen LogP contribution in [0.5, 0.6) is 0 Å². The zero-order valence-corrected chi connectivity index (χ0v) is 81.1. The number of allylic oxidation sites excluding steroid dienone is 6. The SMILES string of the molecule is [2H]C(C(=O)C(C)(C)C)=C(O)C(C)(C)C.[2H]C(C(=O)C([2H])(C)C)=C(O)C([2H])(C)C.[2H]C(C(=O)CC)=C(O)CC.[2H]C([2H])([2H])c1[c-]c(-c2cc(-c3ccccc3)c3cc([Si](C)(C([2H])([2H])[2H])C([2H])([2H])[2H])ccc3n2)cc(C)c1.[2H]C([2H])([2H])c1[c-]c(-c2cc(-c3ccccc3)c3cc([Si](C)(C([2H])([2H])[2H])C([2H])([2H])[2H])ccc3n2)cc(C)c1.[2H]C([2H])([2H])c1[c-]c(-c2cc(-c3ccccc3)c3cc([Si](C)(C([2H])([2H])[2H])C([2H])([2H])[2H])ccc3n2)cc(C)c1.[Ir].[Ir].[Ir]. The van der Waals surface area contributed by atoms with Crippen molar-refractivity contribution < 1.29 is 134 Å². The molecule has 3 heterocycles. The van der Waals surface area contributed by atoms with Gasteiger partial charge in [0.15, 0.2) is 17.3 Å². The maximum absolute atomic E-state index is 11.6. The Bertz CT molecular complexity index is 6350. The third kappa shape index (κ3) is 30.8. The minimum absolute atomic E-state index is 0. The first-order chi connectivity index (χ1) is 67.6. The normalized spacial score (nSPS) is 17.1. The van der Waals surface area contributed by atoms with Crippen LogP contribution in [0.3, 0.4) is 0 Å². The van der Waals surface area contributed by atoms with Crippen molar-refractivity contribution in [2.75, 3.05) is 0 Å². The number of benzene rings is 9. The predicted octanol–water partition coefficient (Wildman–Crippen LogP) is 26.8. The molecule has 0 unspecified atom stereocenters. The monoisotopic (exact) mass is 2220 g/mol.